The fraction of sp³-hybridized carbons (Fsp3) is 0. The fourth-order valence-electron chi connectivity index (χ4n) is 1.93. The number of nitrogens with one attached hydrogen (secondary N) is 3. The Bertz CT molecular complexity index is 946. The molecule has 9 heteroatoms. The molecule has 1 amide bonds. The van der Waals surface area contributed by atoms with E-state index in [-0.39, 0.29) is 4.21 Å². The highest BCUT2D eigenvalue weighted by Gasteiger charge is 2.19. The van der Waals surface area contributed by atoms with E-state index >= 15 is 0 Å². The summed E-state index contributed by atoms with van der Waals surface area (Å²) in [6.45, 7) is 0. The smallest absolute Gasteiger partial charge is 0.268 e. The Hall–Kier alpha value is -1.68. The second-order valence-electron chi connectivity index (χ2n) is 4.37. The number of carbonyl (C=O) groups excluding carboxylic acids is 1. The van der Waals surface area contributed by atoms with Crippen molar-refractivity contribution in [2.75, 3.05) is 0 Å². The lowest BCUT2D eigenvalue weighted by Crippen LogP contribution is -2.41. The molecule has 2 aromatic heterocycles. The monoisotopic (exact) mass is 399 g/mol. The van der Waals surface area contributed by atoms with Crippen molar-refractivity contribution >= 4 is 54.1 Å². The standard InChI is InChI=1S/C13H10BrN3O3S2/c14-11-5-6-12(21-11)22(19,20)17-16-13(18)9-7-15-10-4-2-1-3-8(9)10/h1-7,15,17H,(H,16,18). The third-order valence-electron chi connectivity index (χ3n) is 2.95. The Morgan fingerprint density at radius 1 is 1.18 bits per heavy atom. The first-order chi connectivity index (χ1) is 10.5. The van der Waals surface area contributed by atoms with Crippen molar-refractivity contribution in [3.8, 4) is 0 Å². The third-order valence-corrected chi connectivity index (χ3v) is 6.31. The number of aromatic nitrogens is 1. The number of thiophene rings is 1. The Morgan fingerprint density at radius 3 is 2.68 bits per heavy atom. The number of fused-ring (bicyclic) bond motifs is 1. The number of H-pyrrole nitrogens is 1. The lowest BCUT2D eigenvalue weighted by atomic mass is 10.2. The number of amides is 1. The molecule has 2 heterocycles. The van der Waals surface area contributed by atoms with Crippen LogP contribution in [0.25, 0.3) is 10.9 Å². The Labute approximate surface area is 138 Å². The molecule has 3 N–H and O–H groups in total. The summed E-state index contributed by atoms with van der Waals surface area (Å²) >= 11 is 4.25. The molecule has 3 aromatic rings. The zero-order valence-corrected chi connectivity index (χ0v) is 14.2. The fourth-order valence-corrected chi connectivity index (χ4v) is 4.78. The van der Waals surface area contributed by atoms with Crippen molar-refractivity contribution < 1.29 is 13.2 Å². The van der Waals surface area contributed by atoms with Crippen LogP contribution in [0.4, 0.5) is 0 Å². The van der Waals surface area contributed by atoms with Crippen LogP contribution in [0.5, 0.6) is 0 Å². The molecule has 22 heavy (non-hydrogen) atoms. The van der Waals surface area contributed by atoms with Crippen molar-refractivity contribution in [1.29, 1.82) is 0 Å². The van der Waals surface area contributed by atoms with E-state index < -0.39 is 15.9 Å². The predicted molar refractivity (Wildman–Crippen MR) is 88.1 cm³/mol. The highest BCUT2D eigenvalue weighted by atomic mass is 79.9. The van der Waals surface area contributed by atoms with E-state index in [2.05, 4.69) is 31.2 Å². The van der Waals surface area contributed by atoms with Gasteiger partial charge in [-0.15, -0.1) is 16.2 Å². The van der Waals surface area contributed by atoms with E-state index in [4.69, 9.17) is 0 Å². The van der Waals surface area contributed by atoms with Gasteiger partial charge in [-0.05, 0) is 34.1 Å². The van der Waals surface area contributed by atoms with Gasteiger partial charge in [-0.2, -0.15) is 0 Å². The quantitative estimate of drug-likeness (QED) is 0.588. The highest BCUT2D eigenvalue weighted by Crippen LogP contribution is 2.25. The molecule has 0 bridgehead atoms. The molecule has 0 atom stereocenters. The van der Waals surface area contributed by atoms with Crippen molar-refractivity contribution in [2.45, 2.75) is 4.21 Å². The summed E-state index contributed by atoms with van der Waals surface area (Å²) < 4.78 is 24.9. The summed E-state index contributed by atoms with van der Waals surface area (Å²) in [7, 11) is -3.78. The molecule has 0 aliphatic rings. The van der Waals surface area contributed by atoms with Gasteiger partial charge in [0.25, 0.3) is 15.9 Å². The van der Waals surface area contributed by atoms with Gasteiger partial charge in [0.15, 0.2) is 0 Å². The van der Waals surface area contributed by atoms with E-state index in [1.165, 1.54) is 12.3 Å². The molecule has 6 nitrogen and oxygen atoms in total. The summed E-state index contributed by atoms with van der Waals surface area (Å²) in [6, 6.07) is 10.3. The van der Waals surface area contributed by atoms with Gasteiger partial charge in [0.05, 0.1) is 9.35 Å². The van der Waals surface area contributed by atoms with Gasteiger partial charge in [-0.25, -0.2) is 8.42 Å². The second-order valence-corrected chi connectivity index (χ2v) is 8.74. The average molecular weight is 400 g/mol. The van der Waals surface area contributed by atoms with Crippen LogP contribution in [0, 0.1) is 0 Å². The number of hydrogen-bond acceptors (Lipinski definition) is 4. The number of hydrazine groups is 1. The molecule has 1 aromatic carbocycles. The minimum absolute atomic E-state index is 0.110. The molecule has 0 fully saturated rings. The summed E-state index contributed by atoms with van der Waals surface area (Å²) in [6.07, 6.45) is 1.54. The van der Waals surface area contributed by atoms with Crippen LogP contribution in [-0.2, 0) is 10.0 Å². The average Bonchev–Trinajstić information content (AvgIpc) is 3.11. The SMILES string of the molecule is O=C(NNS(=O)(=O)c1ccc(Br)s1)c1c[nH]c2ccccc12. The van der Waals surface area contributed by atoms with Gasteiger partial charge in [0.1, 0.15) is 4.21 Å². The number of rotatable bonds is 4. The van der Waals surface area contributed by atoms with Gasteiger partial charge in [-0.3, -0.25) is 10.2 Å². The molecule has 0 aliphatic heterocycles. The second kappa shape index (κ2) is 5.84. The highest BCUT2D eigenvalue weighted by molar-refractivity contribution is 9.11. The largest absolute Gasteiger partial charge is 0.360 e. The molecule has 3 rings (SSSR count). The van der Waals surface area contributed by atoms with Gasteiger partial charge in [0.2, 0.25) is 0 Å². The van der Waals surface area contributed by atoms with Crippen LogP contribution in [0.2, 0.25) is 0 Å². The van der Waals surface area contributed by atoms with E-state index in [0.717, 1.165) is 22.2 Å². The van der Waals surface area contributed by atoms with Crippen LogP contribution in [0.3, 0.4) is 0 Å². The summed E-state index contributed by atoms with van der Waals surface area (Å²) in [5, 5.41) is 0.720. The number of hydrogen-bond donors (Lipinski definition) is 3. The van der Waals surface area contributed by atoms with Crippen molar-refractivity contribution in [3.05, 3.63) is 51.9 Å². The van der Waals surface area contributed by atoms with E-state index in [1.54, 1.807) is 18.2 Å². The zero-order valence-electron chi connectivity index (χ0n) is 11.0. The first-order valence-electron chi connectivity index (χ1n) is 6.11. The maximum atomic E-state index is 12.1. The topological polar surface area (TPSA) is 91.1 Å². The molecule has 0 unspecified atom stereocenters. The first-order valence-corrected chi connectivity index (χ1v) is 9.20. The van der Waals surface area contributed by atoms with Crippen LogP contribution in [0.15, 0.2) is 50.6 Å². The van der Waals surface area contributed by atoms with Gasteiger partial charge in [-0.1, -0.05) is 18.2 Å². The number of benzene rings is 1. The van der Waals surface area contributed by atoms with Crippen LogP contribution < -0.4 is 10.3 Å². The van der Waals surface area contributed by atoms with Gasteiger partial charge in [0, 0.05) is 17.1 Å². The summed E-state index contributed by atoms with van der Waals surface area (Å²) in [5.41, 5.74) is 3.39. The predicted octanol–water partition coefficient (Wildman–Crippen LogP) is 2.62. The number of halogens is 1. The molecule has 114 valence electrons. The van der Waals surface area contributed by atoms with Crippen molar-refractivity contribution in [1.82, 2.24) is 15.2 Å². The Morgan fingerprint density at radius 2 is 1.95 bits per heavy atom. The molecular weight excluding hydrogens is 390 g/mol. The summed E-state index contributed by atoms with van der Waals surface area (Å²) in [4.78, 5) is 17.2. The number of carbonyl (C=O) groups is 1. The van der Waals surface area contributed by atoms with Crippen LogP contribution in [0.1, 0.15) is 10.4 Å². The normalized spacial score (nSPS) is 11.7. The van der Waals surface area contributed by atoms with Crippen molar-refractivity contribution in [3.63, 3.8) is 0 Å². The van der Waals surface area contributed by atoms with Gasteiger partial charge >= 0.3 is 0 Å². The Balaban J connectivity index is 1.78. The molecular formula is C13H10BrN3O3S2. The van der Waals surface area contributed by atoms with Crippen molar-refractivity contribution in [2.24, 2.45) is 0 Å². The zero-order chi connectivity index (χ0) is 15.7. The first kappa shape index (κ1) is 15.2. The van der Waals surface area contributed by atoms with E-state index in [9.17, 15) is 13.2 Å². The minimum Gasteiger partial charge on any atom is -0.360 e. The van der Waals surface area contributed by atoms with Crippen LogP contribution >= 0.6 is 27.3 Å². The van der Waals surface area contributed by atoms with Gasteiger partial charge < -0.3 is 4.98 Å². The molecule has 0 saturated carbocycles. The van der Waals surface area contributed by atoms with E-state index in [0.29, 0.717) is 9.35 Å². The Kier molecular flexibility index (Phi) is 4.04. The summed E-state index contributed by atoms with van der Waals surface area (Å²) in [5.74, 6) is -0.531. The van der Waals surface area contributed by atoms with Crippen LogP contribution in [-0.4, -0.2) is 19.3 Å². The maximum Gasteiger partial charge on any atom is 0.268 e. The minimum atomic E-state index is -3.78. The number of aromatic amines is 1. The third kappa shape index (κ3) is 2.93. The molecule has 0 saturated heterocycles. The molecule has 0 radical (unpaired) electrons. The van der Waals surface area contributed by atoms with E-state index in [1.807, 2.05) is 12.1 Å². The maximum absolute atomic E-state index is 12.1. The number of sulfonamides is 1. The lowest BCUT2D eigenvalue weighted by Gasteiger charge is -2.06. The molecule has 0 aliphatic carbocycles. The lowest BCUT2D eigenvalue weighted by molar-refractivity contribution is 0.0947. The molecule has 0 spiro atoms. The number of para-hydroxylation sites is 1.